The summed E-state index contributed by atoms with van der Waals surface area (Å²) in [5.74, 6) is -0.369. The van der Waals surface area contributed by atoms with Crippen molar-refractivity contribution in [2.24, 2.45) is 0 Å². The molecule has 1 atom stereocenters. The third kappa shape index (κ3) is 1.43. The third-order valence-electron chi connectivity index (χ3n) is 1.65. The van der Waals surface area contributed by atoms with Gasteiger partial charge in [0.05, 0.1) is 0 Å². The molecule has 0 aliphatic heterocycles. The summed E-state index contributed by atoms with van der Waals surface area (Å²) in [7, 11) is 0. The Morgan fingerprint density at radius 2 is 2.40 bits per heavy atom. The van der Waals surface area contributed by atoms with Crippen molar-refractivity contribution in [2.75, 3.05) is 0 Å². The van der Waals surface area contributed by atoms with E-state index in [1.54, 1.807) is 6.92 Å². The number of hydrogen-bond donors (Lipinski definition) is 0. The van der Waals surface area contributed by atoms with Crippen molar-refractivity contribution in [3.8, 4) is 0 Å². The number of allylic oxidation sites excluding steroid dienone is 4. The van der Waals surface area contributed by atoms with Gasteiger partial charge in [0.1, 0.15) is 11.5 Å². The molecule has 0 fully saturated rings. The summed E-state index contributed by atoms with van der Waals surface area (Å²) in [4.78, 5) is 0. The average molecular weight is 144 g/mol. The minimum absolute atomic E-state index is 0.242. The van der Waals surface area contributed by atoms with E-state index < -0.39 is 5.67 Å². The molecule has 1 aliphatic rings. The van der Waals surface area contributed by atoms with Crippen LogP contribution in [0.5, 0.6) is 0 Å². The van der Waals surface area contributed by atoms with Crippen LogP contribution < -0.4 is 0 Å². The van der Waals surface area contributed by atoms with Gasteiger partial charge >= 0.3 is 0 Å². The molecule has 0 radical (unpaired) electrons. The van der Waals surface area contributed by atoms with E-state index in [0.717, 1.165) is 6.08 Å². The van der Waals surface area contributed by atoms with Crippen molar-refractivity contribution < 1.29 is 8.78 Å². The number of hydrogen-bond acceptors (Lipinski definition) is 0. The first-order valence-corrected chi connectivity index (χ1v) is 3.40. The molecule has 1 rings (SSSR count). The fraction of sp³-hybridized carbons (Fsp3) is 0.500. The van der Waals surface area contributed by atoms with Crippen LogP contribution in [-0.4, -0.2) is 5.67 Å². The van der Waals surface area contributed by atoms with Gasteiger partial charge < -0.3 is 0 Å². The average Bonchev–Trinajstić information content (AvgIpc) is 1.88. The Labute approximate surface area is 59.2 Å². The van der Waals surface area contributed by atoms with E-state index in [-0.39, 0.29) is 12.2 Å². The van der Waals surface area contributed by atoms with Gasteiger partial charge in [0.2, 0.25) is 0 Å². The lowest BCUT2D eigenvalue weighted by molar-refractivity contribution is 0.279. The monoisotopic (exact) mass is 144 g/mol. The molecule has 1 aliphatic carbocycles. The zero-order valence-corrected chi connectivity index (χ0v) is 5.90. The molecular weight excluding hydrogens is 134 g/mol. The van der Waals surface area contributed by atoms with Crippen molar-refractivity contribution >= 4 is 0 Å². The molecule has 0 saturated heterocycles. The van der Waals surface area contributed by atoms with Gasteiger partial charge in [-0.25, -0.2) is 8.78 Å². The van der Waals surface area contributed by atoms with E-state index in [1.165, 1.54) is 12.2 Å². The number of alkyl halides is 1. The molecular formula is C8H10F2. The molecule has 0 aromatic rings. The molecule has 0 spiro atoms. The van der Waals surface area contributed by atoms with Crippen molar-refractivity contribution in [2.45, 2.75) is 25.4 Å². The van der Waals surface area contributed by atoms with Gasteiger partial charge in [-0.2, -0.15) is 0 Å². The van der Waals surface area contributed by atoms with Crippen LogP contribution >= 0.6 is 0 Å². The Kier molecular flexibility index (Phi) is 1.88. The van der Waals surface area contributed by atoms with Gasteiger partial charge in [-0.1, -0.05) is 13.0 Å². The highest BCUT2D eigenvalue weighted by molar-refractivity contribution is 5.22. The summed E-state index contributed by atoms with van der Waals surface area (Å²) in [6.07, 6.45) is 4.53. The maximum absolute atomic E-state index is 13.1. The molecule has 2 heteroatoms. The summed E-state index contributed by atoms with van der Waals surface area (Å²) < 4.78 is 25.6. The first kappa shape index (κ1) is 7.45. The van der Waals surface area contributed by atoms with Crippen LogP contribution in [0.15, 0.2) is 24.1 Å². The lowest BCUT2D eigenvalue weighted by Gasteiger charge is -2.17. The van der Waals surface area contributed by atoms with Gasteiger partial charge in [-0.05, 0) is 18.6 Å². The first-order valence-electron chi connectivity index (χ1n) is 3.40. The predicted octanol–water partition coefficient (Wildman–Crippen LogP) is 2.92. The van der Waals surface area contributed by atoms with E-state index in [2.05, 4.69) is 0 Å². The van der Waals surface area contributed by atoms with Gasteiger partial charge in [-0.15, -0.1) is 0 Å². The lowest BCUT2D eigenvalue weighted by atomic mass is 9.97. The quantitative estimate of drug-likeness (QED) is 0.496. The molecule has 0 aromatic carbocycles. The Hall–Kier alpha value is -0.660. The maximum Gasteiger partial charge on any atom is 0.149 e. The highest BCUT2D eigenvalue weighted by Crippen LogP contribution is 2.27. The van der Waals surface area contributed by atoms with Crippen LogP contribution in [-0.2, 0) is 0 Å². The van der Waals surface area contributed by atoms with E-state index in [9.17, 15) is 8.78 Å². The molecule has 0 nitrogen and oxygen atoms in total. The second kappa shape index (κ2) is 2.52. The van der Waals surface area contributed by atoms with Crippen molar-refractivity contribution in [1.82, 2.24) is 0 Å². The van der Waals surface area contributed by atoms with Gasteiger partial charge in [-0.3, -0.25) is 0 Å². The Morgan fingerprint density at radius 3 is 2.80 bits per heavy atom. The largest absolute Gasteiger partial charge is 0.235 e. The predicted molar refractivity (Wildman–Crippen MR) is 37.1 cm³/mol. The highest BCUT2D eigenvalue weighted by Gasteiger charge is 2.23. The summed E-state index contributed by atoms with van der Waals surface area (Å²) >= 11 is 0. The zero-order valence-electron chi connectivity index (χ0n) is 5.90. The fourth-order valence-corrected chi connectivity index (χ4v) is 0.955. The number of rotatable bonds is 1. The second-order valence-corrected chi connectivity index (χ2v) is 2.48. The Bertz CT molecular complexity index is 182. The van der Waals surface area contributed by atoms with Crippen LogP contribution in [0, 0.1) is 0 Å². The van der Waals surface area contributed by atoms with E-state index in [0.29, 0.717) is 6.42 Å². The molecule has 0 aromatic heterocycles. The van der Waals surface area contributed by atoms with Crippen LogP contribution in [0.25, 0.3) is 0 Å². The summed E-state index contributed by atoms with van der Waals surface area (Å²) in [6.45, 7) is 1.69. The van der Waals surface area contributed by atoms with Crippen molar-refractivity contribution in [3.05, 3.63) is 24.1 Å². The zero-order chi connectivity index (χ0) is 7.61. The summed E-state index contributed by atoms with van der Waals surface area (Å²) in [6, 6.07) is 0. The van der Waals surface area contributed by atoms with Crippen LogP contribution in [0.1, 0.15) is 19.8 Å². The van der Waals surface area contributed by atoms with E-state index in [4.69, 9.17) is 0 Å². The molecule has 0 saturated carbocycles. The normalized spacial score (nSPS) is 32.1. The molecule has 0 heterocycles. The van der Waals surface area contributed by atoms with Crippen LogP contribution in [0.2, 0.25) is 0 Å². The van der Waals surface area contributed by atoms with Gasteiger partial charge in [0, 0.05) is 6.42 Å². The molecule has 1 unspecified atom stereocenters. The SMILES string of the molecule is CCC1(F)C=CCC(F)=C1. The molecule has 0 N–H and O–H groups in total. The Morgan fingerprint density at radius 1 is 1.70 bits per heavy atom. The molecule has 0 amide bonds. The van der Waals surface area contributed by atoms with Crippen molar-refractivity contribution in [1.29, 1.82) is 0 Å². The van der Waals surface area contributed by atoms with Crippen LogP contribution in [0.4, 0.5) is 8.78 Å². The smallest absolute Gasteiger partial charge is 0.149 e. The van der Waals surface area contributed by atoms with Crippen molar-refractivity contribution in [3.63, 3.8) is 0 Å². The summed E-state index contributed by atoms with van der Waals surface area (Å²) in [5.41, 5.74) is -1.53. The molecule has 10 heavy (non-hydrogen) atoms. The number of halogens is 2. The van der Waals surface area contributed by atoms with Gasteiger partial charge in [0.25, 0.3) is 0 Å². The third-order valence-corrected chi connectivity index (χ3v) is 1.65. The van der Waals surface area contributed by atoms with Crippen LogP contribution in [0.3, 0.4) is 0 Å². The van der Waals surface area contributed by atoms with E-state index in [1.807, 2.05) is 0 Å². The van der Waals surface area contributed by atoms with Gasteiger partial charge in [0.15, 0.2) is 0 Å². The second-order valence-electron chi connectivity index (χ2n) is 2.48. The standard InChI is InChI=1S/C8H10F2/c1-2-8(10)5-3-4-7(9)6-8/h3,5-6H,2,4H2,1H3. The summed E-state index contributed by atoms with van der Waals surface area (Å²) in [5, 5.41) is 0. The molecule has 56 valence electrons. The van der Waals surface area contributed by atoms with E-state index >= 15 is 0 Å². The highest BCUT2D eigenvalue weighted by atomic mass is 19.1. The minimum Gasteiger partial charge on any atom is -0.235 e. The lowest BCUT2D eigenvalue weighted by Crippen LogP contribution is -2.16. The maximum atomic E-state index is 13.1. The fourth-order valence-electron chi connectivity index (χ4n) is 0.955. The minimum atomic E-state index is -1.53. The molecule has 0 bridgehead atoms. The topological polar surface area (TPSA) is 0 Å². The Balaban J connectivity index is 2.78. The first-order chi connectivity index (χ1) is 4.66.